The van der Waals surface area contributed by atoms with Crippen LogP contribution in [-0.4, -0.2) is 29.9 Å². The summed E-state index contributed by atoms with van der Waals surface area (Å²) < 4.78 is 0. The summed E-state index contributed by atoms with van der Waals surface area (Å²) in [5.74, 6) is 0.924. The van der Waals surface area contributed by atoms with Gasteiger partial charge in [0.1, 0.15) is 0 Å². The maximum absolute atomic E-state index is 12.1. The number of hydrogen-bond acceptors (Lipinski definition) is 3. The molecule has 1 aromatic rings. The van der Waals surface area contributed by atoms with Crippen LogP contribution in [0.1, 0.15) is 49.7 Å². The summed E-state index contributed by atoms with van der Waals surface area (Å²) >= 11 is 0. The normalized spacial score (nSPS) is 30.8. The molecule has 0 radical (unpaired) electrons. The molecule has 3 fully saturated rings. The second kappa shape index (κ2) is 7.24. The highest BCUT2D eigenvalue weighted by Gasteiger charge is 2.39. The van der Waals surface area contributed by atoms with Gasteiger partial charge in [0.15, 0.2) is 0 Å². The molecule has 4 rings (SSSR count). The van der Waals surface area contributed by atoms with Gasteiger partial charge in [-0.15, -0.1) is 0 Å². The highest BCUT2D eigenvalue weighted by Crippen LogP contribution is 2.35. The average molecular weight is 327 g/mol. The molecule has 4 heteroatoms. The predicted molar refractivity (Wildman–Crippen MR) is 95.2 cm³/mol. The molecule has 2 aliphatic heterocycles. The van der Waals surface area contributed by atoms with Gasteiger partial charge in [0.05, 0.1) is 0 Å². The molecule has 3 aliphatic rings. The van der Waals surface area contributed by atoms with Gasteiger partial charge in [0, 0.05) is 18.5 Å². The first-order chi connectivity index (χ1) is 11.8. The number of fused-ring (bicyclic) bond motifs is 1. The number of hydrogen-bond donors (Lipinski definition) is 2. The van der Waals surface area contributed by atoms with Crippen molar-refractivity contribution < 1.29 is 4.79 Å². The van der Waals surface area contributed by atoms with Crippen LogP contribution < -0.4 is 10.9 Å². The Morgan fingerprint density at radius 3 is 2.46 bits per heavy atom. The first-order valence-corrected chi connectivity index (χ1v) is 9.65. The summed E-state index contributed by atoms with van der Waals surface area (Å²) in [6.45, 7) is 3.58. The minimum absolute atomic E-state index is 0.205. The van der Waals surface area contributed by atoms with Gasteiger partial charge in [-0.1, -0.05) is 37.1 Å². The lowest BCUT2D eigenvalue weighted by Crippen LogP contribution is -2.60. The van der Waals surface area contributed by atoms with Crippen molar-refractivity contribution in [1.29, 1.82) is 0 Å². The van der Waals surface area contributed by atoms with Crippen LogP contribution in [0, 0.1) is 11.8 Å². The minimum atomic E-state index is 0.205. The predicted octanol–water partition coefficient (Wildman–Crippen LogP) is 2.63. The fourth-order valence-corrected chi connectivity index (χ4v) is 4.77. The Bertz CT molecular complexity index is 565. The van der Waals surface area contributed by atoms with Crippen molar-refractivity contribution in [2.24, 2.45) is 11.8 Å². The number of carbonyl (C=O) groups is 1. The zero-order valence-corrected chi connectivity index (χ0v) is 14.5. The number of benzene rings is 1. The molecule has 4 nitrogen and oxygen atoms in total. The molecule has 3 unspecified atom stereocenters. The van der Waals surface area contributed by atoms with Gasteiger partial charge >= 0.3 is 0 Å². The van der Waals surface area contributed by atoms with Crippen LogP contribution in [0.4, 0.5) is 0 Å². The molecule has 24 heavy (non-hydrogen) atoms. The van der Waals surface area contributed by atoms with E-state index in [1.54, 1.807) is 0 Å². The van der Waals surface area contributed by atoms with Crippen LogP contribution in [-0.2, 0) is 17.8 Å². The van der Waals surface area contributed by atoms with Crippen molar-refractivity contribution in [1.82, 2.24) is 15.8 Å². The van der Waals surface area contributed by atoms with E-state index in [9.17, 15) is 4.79 Å². The van der Waals surface area contributed by atoms with Crippen molar-refractivity contribution in [3.8, 4) is 0 Å². The number of carbonyl (C=O) groups excluding carboxylic acids is 1. The van der Waals surface area contributed by atoms with E-state index in [0.29, 0.717) is 12.0 Å². The number of hydrazine groups is 1. The number of likely N-dealkylation sites (tertiary alicyclic amines) is 1. The lowest BCUT2D eigenvalue weighted by Gasteiger charge is -2.41. The Kier molecular flexibility index (Phi) is 4.86. The Hall–Kier alpha value is -1.39. The molecule has 0 aromatic heterocycles. The summed E-state index contributed by atoms with van der Waals surface area (Å²) in [5, 5.41) is 0. The van der Waals surface area contributed by atoms with Crippen LogP contribution in [0.2, 0.25) is 0 Å². The average Bonchev–Trinajstić information content (AvgIpc) is 3.12. The van der Waals surface area contributed by atoms with Gasteiger partial charge in [0.2, 0.25) is 5.91 Å². The van der Waals surface area contributed by atoms with Crippen molar-refractivity contribution >= 4 is 5.91 Å². The van der Waals surface area contributed by atoms with E-state index < -0.39 is 0 Å². The van der Waals surface area contributed by atoms with E-state index in [1.165, 1.54) is 56.3 Å². The molecule has 2 saturated heterocycles. The van der Waals surface area contributed by atoms with Crippen LogP contribution >= 0.6 is 0 Å². The second-order valence-electron chi connectivity index (χ2n) is 7.80. The fraction of sp³-hybridized carbons (Fsp3) is 0.650. The summed E-state index contributed by atoms with van der Waals surface area (Å²) in [7, 11) is 0. The van der Waals surface area contributed by atoms with Gasteiger partial charge in [-0.05, 0) is 62.2 Å². The Morgan fingerprint density at radius 1 is 0.958 bits per heavy atom. The Balaban J connectivity index is 1.38. The number of nitrogens with one attached hydrogen (secondary N) is 2. The number of amides is 1. The lowest BCUT2D eigenvalue weighted by molar-refractivity contribution is -0.133. The Morgan fingerprint density at radius 2 is 1.67 bits per heavy atom. The minimum Gasteiger partial charge on any atom is -0.299 e. The highest BCUT2D eigenvalue weighted by atomic mass is 16.2. The topological polar surface area (TPSA) is 44.4 Å². The first kappa shape index (κ1) is 16.1. The van der Waals surface area contributed by atoms with E-state index in [2.05, 4.69) is 40.0 Å². The zero-order chi connectivity index (χ0) is 16.4. The van der Waals surface area contributed by atoms with Crippen molar-refractivity contribution in [2.45, 2.75) is 57.5 Å². The largest absolute Gasteiger partial charge is 0.299 e. The second-order valence-corrected chi connectivity index (χ2v) is 7.80. The monoisotopic (exact) mass is 327 g/mol. The van der Waals surface area contributed by atoms with E-state index in [1.807, 2.05) is 0 Å². The SMILES string of the molecule is O=C1NNC(Cc2ccc(CN3CCCC3)cc2)C2CCCCC12. The maximum Gasteiger partial charge on any atom is 0.237 e. The number of rotatable bonds is 4. The number of nitrogens with zero attached hydrogens (tertiary/aromatic N) is 1. The van der Waals surface area contributed by atoms with Gasteiger partial charge < -0.3 is 0 Å². The van der Waals surface area contributed by atoms with Crippen molar-refractivity contribution in [3.05, 3.63) is 35.4 Å². The van der Waals surface area contributed by atoms with E-state index >= 15 is 0 Å². The molecule has 1 amide bonds. The summed E-state index contributed by atoms with van der Waals surface area (Å²) in [5.41, 5.74) is 8.99. The van der Waals surface area contributed by atoms with Crippen LogP contribution in [0.5, 0.6) is 0 Å². The summed E-state index contributed by atoms with van der Waals surface area (Å²) in [6.07, 6.45) is 8.41. The quantitative estimate of drug-likeness (QED) is 0.893. The van der Waals surface area contributed by atoms with Gasteiger partial charge in [-0.25, -0.2) is 5.43 Å². The third kappa shape index (κ3) is 3.50. The third-order valence-electron chi connectivity index (χ3n) is 6.14. The molecule has 1 aromatic carbocycles. The van der Waals surface area contributed by atoms with Gasteiger partial charge in [0.25, 0.3) is 0 Å². The molecule has 0 spiro atoms. The molecule has 2 heterocycles. The van der Waals surface area contributed by atoms with Gasteiger partial charge in [-0.3, -0.25) is 15.1 Å². The molecule has 2 N–H and O–H groups in total. The molecular formula is C20H29N3O. The first-order valence-electron chi connectivity index (χ1n) is 9.65. The molecule has 1 saturated carbocycles. The summed E-state index contributed by atoms with van der Waals surface area (Å²) in [4.78, 5) is 14.6. The standard InChI is InChI=1S/C20H29N3O/c24-20-18-6-2-1-5-17(18)19(21-22-20)13-15-7-9-16(10-8-15)14-23-11-3-4-12-23/h7-10,17-19,21H,1-6,11-14H2,(H,22,24). The third-order valence-corrected chi connectivity index (χ3v) is 6.14. The molecule has 0 bridgehead atoms. The van der Waals surface area contributed by atoms with E-state index in [0.717, 1.165) is 19.4 Å². The van der Waals surface area contributed by atoms with Crippen molar-refractivity contribution in [3.63, 3.8) is 0 Å². The zero-order valence-electron chi connectivity index (χ0n) is 14.5. The van der Waals surface area contributed by atoms with Crippen LogP contribution in [0.3, 0.4) is 0 Å². The van der Waals surface area contributed by atoms with Crippen LogP contribution in [0.25, 0.3) is 0 Å². The Labute approximate surface area is 145 Å². The molecule has 1 aliphatic carbocycles. The molecule has 3 atom stereocenters. The summed E-state index contributed by atoms with van der Waals surface area (Å²) in [6, 6.07) is 9.50. The smallest absolute Gasteiger partial charge is 0.237 e. The fourth-order valence-electron chi connectivity index (χ4n) is 4.77. The maximum atomic E-state index is 12.1. The van der Waals surface area contributed by atoms with E-state index in [-0.39, 0.29) is 11.8 Å². The highest BCUT2D eigenvalue weighted by molar-refractivity contribution is 5.79. The van der Waals surface area contributed by atoms with Crippen molar-refractivity contribution in [2.75, 3.05) is 13.1 Å². The molecular weight excluding hydrogens is 298 g/mol. The van der Waals surface area contributed by atoms with Crippen LogP contribution in [0.15, 0.2) is 24.3 Å². The lowest BCUT2D eigenvalue weighted by atomic mass is 9.72. The molecule has 130 valence electrons. The van der Waals surface area contributed by atoms with Gasteiger partial charge in [-0.2, -0.15) is 0 Å². The van der Waals surface area contributed by atoms with E-state index in [4.69, 9.17) is 0 Å².